The van der Waals surface area contributed by atoms with E-state index in [4.69, 9.17) is 9.15 Å². The fourth-order valence-electron chi connectivity index (χ4n) is 4.41. The molecule has 8 heteroatoms. The lowest BCUT2D eigenvalue weighted by atomic mass is 9.92. The number of hydrogen-bond acceptors (Lipinski definition) is 5. The van der Waals surface area contributed by atoms with Gasteiger partial charge in [0.1, 0.15) is 30.4 Å². The molecule has 178 valence electrons. The number of hydrogen-bond donors (Lipinski definition) is 2. The van der Waals surface area contributed by atoms with Crippen molar-refractivity contribution in [2.75, 3.05) is 5.32 Å². The van der Waals surface area contributed by atoms with E-state index in [0.717, 1.165) is 35.0 Å². The van der Waals surface area contributed by atoms with Gasteiger partial charge in [-0.15, -0.1) is 0 Å². The molecule has 1 aliphatic rings. The van der Waals surface area contributed by atoms with Gasteiger partial charge in [-0.05, 0) is 62.9 Å². The quantitative estimate of drug-likeness (QED) is 0.345. The minimum Gasteiger partial charge on any atom is -0.487 e. The third kappa shape index (κ3) is 4.58. The molecule has 1 fully saturated rings. The molecule has 5 rings (SSSR count). The van der Waals surface area contributed by atoms with Gasteiger partial charge < -0.3 is 24.4 Å². The van der Waals surface area contributed by atoms with Crippen LogP contribution in [0.1, 0.15) is 50.4 Å². The number of nitrogens with one attached hydrogen (secondary N) is 2. The van der Waals surface area contributed by atoms with E-state index >= 15 is 0 Å². The number of rotatable bonds is 7. The number of oxazole rings is 1. The number of anilines is 1. The molecule has 2 N–H and O–H groups in total. The van der Waals surface area contributed by atoms with Gasteiger partial charge in [-0.2, -0.15) is 5.26 Å². The van der Waals surface area contributed by atoms with Crippen molar-refractivity contribution in [3.8, 4) is 23.1 Å². The zero-order valence-corrected chi connectivity index (χ0v) is 19.7. The van der Waals surface area contributed by atoms with E-state index in [-0.39, 0.29) is 12.1 Å². The topological polar surface area (TPSA) is 105 Å². The zero-order chi connectivity index (χ0) is 24.4. The number of ether oxygens (including phenoxy) is 1. The summed E-state index contributed by atoms with van der Waals surface area (Å²) in [7, 11) is 0. The molecule has 4 aromatic rings. The van der Waals surface area contributed by atoms with E-state index in [1.807, 2.05) is 56.3 Å². The number of amides is 2. The van der Waals surface area contributed by atoms with Crippen LogP contribution in [0.2, 0.25) is 0 Å². The first kappa shape index (κ1) is 22.5. The van der Waals surface area contributed by atoms with Crippen LogP contribution >= 0.6 is 0 Å². The van der Waals surface area contributed by atoms with E-state index in [1.165, 1.54) is 12.8 Å². The Labute approximate surface area is 203 Å². The summed E-state index contributed by atoms with van der Waals surface area (Å²) in [4.78, 5) is 16.2. The lowest BCUT2D eigenvalue weighted by Crippen LogP contribution is -2.34. The fraction of sp³-hybridized carbons (Fsp3) is 0.296. The first-order chi connectivity index (χ1) is 17.0. The number of aromatic nitrogens is 2. The van der Waals surface area contributed by atoms with Crippen molar-refractivity contribution in [2.45, 2.75) is 51.8 Å². The van der Waals surface area contributed by atoms with E-state index < -0.39 is 0 Å². The Balaban J connectivity index is 1.51. The minimum atomic E-state index is -0.243. The van der Waals surface area contributed by atoms with Gasteiger partial charge in [-0.3, -0.25) is 0 Å². The summed E-state index contributed by atoms with van der Waals surface area (Å²) in [5.41, 5.74) is 4.88. The van der Waals surface area contributed by atoms with Gasteiger partial charge in [-0.1, -0.05) is 12.1 Å². The average Bonchev–Trinajstić information content (AvgIpc) is 3.43. The Morgan fingerprint density at radius 1 is 1.26 bits per heavy atom. The smallest absolute Gasteiger partial charge is 0.319 e. The Morgan fingerprint density at radius 2 is 2.06 bits per heavy atom. The van der Waals surface area contributed by atoms with Gasteiger partial charge in [0.05, 0.1) is 16.8 Å². The van der Waals surface area contributed by atoms with Crippen LogP contribution in [0, 0.1) is 11.3 Å². The molecule has 0 aliphatic heterocycles. The highest BCUT2D eigenvalue weighted by Gasteiger charge is 2.28. The lowest BCUT2D eigenvalue weighted by Gasteiger charge is -2.30. The van der Waals surface area contributed by atoms with Gasteiger partial charge in [-0.25, -0.2) is 9.78 Å². The van der Waals surface area contributed by atoms with Gasteiger partial charge in [0.2, 0.25) is 0 Å². The van der Waals surface area contributed by atoms with Gasteiger partial charge >= 0.3 is 6.03 Å². The number of nitrogens with zero attached hydrogens (tertiary/aromatic N) is 3. The molecule has 1 aliphatic carbocycles. The maximum atomic E-state index is 12.1. The first-order valence-corrected chi connectivity index (χ1v) is 11.8. The van der Waals surface area contributed by atoms with Crippen molar-refractivity contribution >= 4 is 22.6 Å². The molecule has 0 saturated heterocycles. The van der Waals surface area contributed by atoms with Crippen molar-refractivity contribution in [3.05, 3.63) is 66.4 Å². The summed E-state index contributed by atoms with van der Waals surface area (Å²) in [6.07, 6.45) is 6.25. The molecule has 0 spiro atoms. The highest BCUT2D eigenvalue weighted by atomic mass is 16.5. The number of carbonyl (C=O) groups is 1. The second-order valence-electron chi connectivity index (χ2n) is 9.07. The molecule has 0 bridgehead atoms. The SMILES string of the molecule is CC(C)NC(=O)Nc1ccc(-c2c(C#N)c3ccc(OCc4cocn4)cc3n2C2CCC2)cc1. The van der Waals surface area contributed by atoms with Crippen LogP contribution in [-0.4, -0.2) is 21.6 Å². The Morgan fingerprint density at radius 3 is 2.69 bits per heavy atom. The summed E-state index contributed by atoms with van der Waals surface area (Å²) in [5, 5.41) is 16.7. The second kappa shape index (κ2) is 9.55. The molecule has 1 saturated carbocycles. The lowest BCUT2D eigenvalue weighted by molar-refractivity contribution is 0.250. The van der Waals surface area contributed by atoms with Crippen molar-refractivity contribution in [1.29, 1.82) is 5.26 Å². The third-order valence-electron chi connectivity index (χ3n) is 6.23. The molecule has 0 unspecified atom stereocenters. The summed E-state index contributed by atoms with van der Waals surface area (Å²) >= 11 is 0. The Bertz CT molecular complexity index is 1380. The largest absolute Gasteiger partial charge is 0.487 e. The monoisotopic (exact) mass is 469 g/mol. The highest BCUT2D eigenvalue weighted by molar-refractivity contribution is 5.96. The molecular formula is C27H27N5O3. The minimum absolute atomic E-state index is 0.0514. The molecule has 0 atom stereocenters. The Hall–Kier alpha value is -4.25. The normalized spacial score (nSPS) is 13.4. The van der Waals surface area contributed by atoms with Crippen molar-refractivity contribution in [2.24, 2.45) is 0 Å². The van der Waals surface area contributed by atoms with Crippen molar-refractivity contribution < 1.29 is 13.9 Å². The Kier molecular flexibility index (Phi) is 6.15. The number of carbonyl (C=O) groups excluding carboxylic acids is 1. The van der Waals surface area contributed by atoms with Gasteiger partial charge in [0.15, 0.2) is 6.39 Å². The van der Waals surface area contributed by atoms with Crippen molar-refractivity contribution in [1.82, 2.24) is 14.9 Å². The van der Waals surface area contributed by atoms with Crippen LogP contribution in [0.25, 0.3) is 22.2 Å². The van der Waals surface area contributed by atoms with Crippen LogP contribution < -0.4 is 15.4 Å². The van der Waals surface area contributed by atoms with Gasteiger partial charge in [0.25, 0.3) is 0 Å². The number of urea groups is 1. The van der Waals surface area contributed by atoms with Crippen LogP contribution in [-0.2, 0) is 6.61 Å². The van der Waals surface area contributed by atoms with E-state index in [0.29, 0.717) is 35.3 Å². The van der Waals surface area contributed by atoms with Gasteiger partial charge in [0, 0.05) is 29.2 Å². The molecule has 0 radical (unpaired) electrons. The number of fused-ring (bicyclic) bond motifs is 1. The summed E-state index contributed by atoms with van der Waals surface area (Å²) in [6.45, 7) is 4.13. The fourth-order valence-corrected chi connectivity index (χ4v) is 4.41. The number of benzene rings is 2. The molecule has 35 heavy (non-hydrogen) atoms. The summed E-state index contributed by atoms with van der Waals surface area (Å²) < 4.78 is 13.3. The van der Waals surface area contributed by atoms with Crippen LogP contribution in [0.4, 0.5) is 10.5 Å². The van der Waals surface area contributed by atoms with E-state index in [2.05, 4.69) is 26.3 Å². The van der Waals surface area contributed by atoms with Crippen molar-refractivity contribution in [3.63, 3.8) is 0 Å². The van der Waals surface area contributed by atoms with Crippen LogP contribution in [0.5, 0.6) is 5.75 Å². The molecule has 2 aromatic carbocycles. The molecule has 8 nitrogen and oxygen atoms in total. The van der Waals surface area contributed by atoms with Crippen LogP contribution in [0.15, 0.2) is 59.5 Å². The summed E-state index contributed by atoms with van der Waals surface area (Å²) in [5.74, 6) is 0.713. The maximum absolute atomic E-state index is 12.1. The molecule has 2 amide bonds. The number of nitriles is 1. The molecule has 2 aromatic heterocycles. The summed E-state index contributed by atoms with van der Waals surface area (Å²) in [6, 6.07) is 16.1. The molecule has 2 heterocycles. The first-order valence-electron chi connectivity index (χ1n) is 11.8. The standard InChI is InChI=1S/C27H27N5O3/c1-17(2)30-27(33)31-19-8-6-18(7-9-19)26-24(13-28)23-11-10-22(35-15-20-14-34-16-29-20)12-25(23)32(26)21-4-3-5-21/h6-12,14,16-17,21H,3-5,15H2,1-2H3,(H2,30,31,33). The average molecular weight is 470 g/mol. The molecular weight excluding hydrogens is 442 g/mol. The van der Waals surface area contributed by atoms with E-state index in [9.17, 15) is 10.1 Å². The van der Waals surface area contributed by atoms with Crippen LogP contribution in [0.3, 0.4) is 0 Å². The predicted molar refractivity (Wildman–Crippen MR) is 133 cm³/mol. The zero-order valence-electron chi connectivity index (χ0n) is 19.7. The second-order valence-corrected chi connectivity index (χ2v) is 9.07. The highest BCUT2D eigenvalue weighted by Crippen LogP contribution is 2.43. The maximum Gasteiger partial charge on any atom is 0.319 e. The van der Waals surface area contributed by atoms with E-state index in [1.54, 1.807) is 6.26 Å². The third-order valence-corrected chi connectivity index (χ3v) is 6.23. The predicted octanol–water partition coefficient (Wildman–Crippen LogP) is 6.00.